The lowest BCUT2D eigenvalue weighted by Crippen LogP contribution is -2.54. The van der Waals surface area contributed by atoms with E-state index in [0.29, 0.717) is 19.6 Å². The molecule has 0 aromatic heterocycles. The summed E-state index contributed by atoms with van der Waals surface area (Å²) < 4.78 is 0. The lowest BCUT2D eigenvalue weighted by molar-refractivity contribution is -0.138. The van der Waals surface area contributed by atoms with Crippen LogP contribution in [0.4, 0.5) is 0 Å². The summed E-state index contributed by atoms with van der Waals surface area (Å²) in [6.45, 7) is 12.3. The smallest absolute Gasteiger partial charge is 0.225 e. The molecule has 3 rings (SSSR count). The van der Waals surface area contributed by atoms with Gasteiger partial charge in [0.05, 0.1) is 0 Å². The molecule has 2 amide bonds. The lowest BCUT2D eigenvalue weighted by atomic mass is 9.92. The number of hydrogen-bond acceptors (Lipinski definition) is 3. The topological polar surface area (TPSA) is 52.7 Å². The summed E-state index contributed by atoms with van der Waals surface area (Å²) in [5.74, 6) is 0.391. The summed E-state index contributed by atoms with van der Waals surface area (Å²) in [6.07, 6.45) is 2.60. The van der Waals surface area contributed by atoms with Gasteiger partial charge in [-0.05, 0) is 44.2 Å². The van der Waals surface area contributed by atoms with E-state index in [9.17, 15) is 9.59 Å². The Kier molecular flexibility index (Phi) is 6.43. The van der Waals surface area contributed by atoms with E-state index in [-0.39, 0.29) is 29.2 Å². The molecule has 0 radical (unpaired) electrons. The van der Waals surface area contributed by atoms with Crippen LogP contribution in [-0.2, 0) is 22.6 Å². The number of fused-ring (bicyclic) bond motifs is 1. The van der Waals surface area contributed by atoms with Crippen molar-refractivity contribution in [2.75, 3.05) is 26.2 Å². The summed E-state index contributed by atoms with van der Waals surface area (Å²) in [4.78, 5) is 29.2. The number of hydrogen-bond donors (Lipinski definition) is 1. The van der Waals surface area contributed by atoms with Crippen molar-refractivity contribution in [3.8, 4) is 0 Å². The summed E-state index contributed by atoms with van der Waals surface area (Å²) >= 11 is 0. The molecule has 0 atom stereocenters. The van der Waals surface area contributed by atoms with Gasteiger partial charge < -0.3 is 10.2 Å². The molecule has 1 N–H and O–H groups in total. The third kappa shape index (κ3) is 4.75. The summed E-state index contributed by atoms with van der Waals surface area (Å²) in [5.41, 5.74) is 2.76. The molecular formula is C23H35N3O2. The molecule has 0 aliphatic carbocycles. The van der Waals surface area contributed by atoms with Crippen molar-refractivity contribution >= 4 is 11.8 Å². The Balaban J connectivity index is 1.48. The van der Waals surface area contributed by atoms with Crippen molar-refractivity contribution in [2.45, 2.75) is 59.0 Å². The summed E-state index contributed by atoms with van der Waals surface area (Å²) in [5, 5.41) is 3.20. The Bertz CT molecular complexity index is 706. The van der Waals surface area contributed by atoms with Crippen molar-refractivity contribution in [3.05, 3.63) is 35.4 Å². The number of nitrogens with one attached hydrogen (secondary N) is 1. The first-order valence-corrected chi connectivity index (χ1v) is 10.7. The average Bonchev–Trinajstić information content (AvgIpc) is 2.71. The van der Waals surface area contributed by atoms with Crippen LogP contribution in [0, 0.1) is 11.8 Å². The van der Waals surface area contributed by atoms with Gasteiger partial charge in [0.25, 0.3) is 0 Å². The standard InChI is InChI=1S/C23H35N3O2/c1-17(2)22(28)25-12-9-19(10-13-25)21(27)24-16-23(3,4)26-14-11-18-7-5-6-8-20(18)15-26/h5-8,17,19H,9-16H2,1-4H3,(H,24,27). The molecule has 5 nitrogen and oxygen atoms in total. The third-order valence-corrected chi connectivity index (χ3v) is 6.35. The fourth-order valence-electron chi connectivity index (χ4n) is 4.30. The molecule has 5 heteroatoms. The van der Waals surface area contributed by atoms with Crippen LogP contribution in [0.5, 0.6) is 0 Å². The molecule has 154 valence electrons. The second-order valence-corrected chi connectivity index (χ2v) is 9.22. The average molecular weight is 386 g/mol. The predicted molar refractivity (Wildman–Crippen MR) is 112 cm³/mol. The second-order valence-electron chi connectivity index (χ2n) is 9.22. The van der Waals surface area contributed by atoms with E-state index in [1.807, 2.05) is 18.7 Å². The van der Waals surface area contributed by atoms with Crippen molar-refractivity contribution in [1.29, 1.82) is 0 Å². The SMILES string of the molecule is CC(C)C(=O)N1CCC(C(=O)NCC(C)(C)N2CCc3ccccc3C2)CC1. The van der Waals surface area contributed by atoms with Crippen LogP contribution < -0.4 is 5.32 Å². The van der Waals surface area contributed by atoms with Gasteiger partial charge in [-0.3, -0.25) is 14.5 Å². The molecule has 1 saturated heterocycles. The highest BCUT2D eigenvalue weighted by molar-refractivity contribution is 5.80. The van der Waals surface area contributed by atoms with Gasteiger partial charge in [-0.2, -0.15) is 0 Å². The second kappa shape index (κ2) is 8.64. The number of carbonyl (C=O) groups excluding carboxylic acids is 2. The normalized spacial score (nSPS) is 18.8. The van der Waals surface area contributed by atoms with Crippen molar-refractivity contribution in [3.63, 3.8) is 0 Å². The van der Waals surface area contributed by atoms with Gasteiger partial charge in [0, 0.05) is 50.1 Å². The minimum Gasteiger partial charge on any atom is -0.354 e. The van der Waals surface area contributed by atoms with Gasteiger partial charge in [-0.25, -0.2) is 0 Å². The van der Waals surface area contributed by atoms with Gasteiger partial charge in [-0.15, -0.1) is 0 Å². The molecular weight excluding hydrogens is 350 g/mol. The van der Waals surface area contributed by atoms with Gasteiger partial charge in [0.15, 0.2) is 0 Å². The van der Waals surface area contributed by atoms with E-state index in [1.54, 1.807) is 0 Å². The molecule has 0 unspecified atom stereocenters. The number of piperidine rings is 1. The third-order valence-electron chi connectivity index (χ3n) is 6.35. The van der Waals surface area contributed by atoms with Gasteiger partial charge >= 0.3 is 0 Å². The molecule has 0 spiro atoms. The fourth-order valence-corrected chi connectivity index (χ4v) is 4.30. The number of carbonyl (C=O) groups is 2. The Hall–Kier alpha value is -1.88. The highest BCUT2D eigenvalue weighted by atomic mass is 16.2. The first kappa shape index (κ1) is 20.8. The number of likely N-dealkylation sites (tertiary alicyclic amines) is 1. The van der Waals surface area contributed by atoms with Crippen molar-refractivity contribution in [1.82, 2.24) is 15.1 Å². The monoisotopic (exact) mass is 385 g/mol. The van der Waals surface area contributed by atoms with Crippen molar-refractivity contribution in [2.24, 2.45) is 11.8 Å². The number of nitrogens with zero attached hydrogens (tertiary/aromatic N) is 2. The van der Waals surface area contributed by atoms with Crippen LogP contribution in [0.25, 0.3) is 0 Å². The molecule has 0 bridgehead atoms. The predicted octanol–water partition coefficient (Wildman–Crippen LogP) is 2.83. The van der Waals surface area contributed by atoms with Crippen LogP contribution in [0.3, 0.4) is 0 Å². The van der Waals surface area contributed by atoms with E-state index >= 15 is 0 Å². The Labute approximate surface area is 169 Å². The van der Waals surface area contributed by atoms with Crippen LogP contribution in [0.15, 0.2) is 24.3 Å². The van der Waals surface area contributed by atoms with Crippen LogP contribution in [0.1, 0.15) is 51.7 Å². The maximum Gasteiger partial charge on any atom is 0.225 e. The fraction of sp³-hybridized carbons (Fsp3) is 0.652. The minimum absolute atomic E-state index is 0.0223. The number of rotatable bonds is 5. The zero-order valence-electron chi connectivity index (χ0n) is 17.8. The number of benzene rings is 1. The summed E-state index contributed by atoms with van der Waals surface area (Å²) in [7, 11) is 0. The summed E-state index contributed by atoms with van der Waals surface area (Å²) in [6, 6.07) is 8.65. The van der Waals surface area contributed by atoms with E-state index < -0.39 is 0 Å². The van der Waals surface area contributed by atoms with Crippen molar-refractivity contribution < 1.29 is 9.59 Å². The molecule has 28 heavy (non-hydrogen) atoms. The maximum absolute atomic E-state index is 12.7. The quantitative estimate of drug-likeness (QED) is 0.848. The zero-order chi connectivity index (χ0) is 20.3. The van der Waals surface area contributed by atoms with E-state index in [4.69, 9.17) is 0 Å². The largest absolute Gasteiger partial charge is 0.354 e. The van der Waals surface area contributed by atoms with Crippen LogP contribution in [-0.4, -0.2) is 53.3 Å². The molecule has 0 saturated carbocycles. The van der Waals surface area contributed by atoms with E-state index in [0.717, 1.165) is 32.4 Å². The highest BCUT2D eigenvalue weighted by Crippen LogP contribution is 2.25. The van der Waals surface area contributed by atoms with Gasteiger partial charge in [-0.1, -0.05) is 38.1 Å². The van der Waals surface area contributed by atoms with E-state index in [2.05, 4.69) is 48.3 Å². The minimum atomic E-state index is -0.0858. The maximum atomic E-state index is 12.7. The van der Waals surface area contributed by atoms with Gasteiger partial charge in [0.2, 0.25) is 11.8 Å². The lowest BCUT2D eigenvalue weighted by Gasteiger charge is -2.42. The molecule has 1 fully saturated rings. The Morgan fingerprint density at radius 2 is 1.75 bits per heavy atom. The van der Waals surface area contributed by atoms with Crippen LogP contribution >= 0.6 is 0 Å². The first-order valence-electron chi connectivity index (χ1n) is 10.7. The number of amides is 2. The Morgan fingerprint density at radius 1 is 1.11 bits per heavy atom. The molecule has 2 aliphatic rings. The van der Waals surface area contributed by atoms with Crippen LogP contribution in [0.2, 0.25) is 0 Å². The molecule has 1 aromatic rings. The molecule has 2 heterocycles. The van der Waals surface area contributed by atoms with Gasteiger partial charge in [0.1, 0.15) is 0 Å². The Morgan fingerprint density at radius 3 is 2.39 bits per heavy atom. The molecule has 2 aliphatic heterocycles. The van der Waals surface area contributed by atoms with E-state index in [1.165, 1.54) is 11.1 Å². The zero-order valence-corrected chi connectivity index (χ0v) is 17.8. The first-order chi connectivity index (χ1) is 13.3. The molecule has 1 aromatic carbocycles. The highest BCUT2D eigenvalue weighted by Gasteiger charge is 2.32.